The maximum atomic E-state index is 12.4. The first-order valence-electron chi connectivity index (χ1n) is 10.6. The molecule has 7 heteroatoms. The molecular weight excluding hydrogens is 392 g/mol. The number of benzene rings is 2. The van der Waals surface area contributed by atoms with Crippen LogP contribution < -0.4 is 10.6 Å². The zero-order valence-electron chi connectivity index (χ0n) is 18.2. The van der Waals surface area contributed by atoms with E-state index in [-0.39, 0.29) is 17.4 Å². The number of urea groups is 1. The van der Waals surface area contributed by atoms with Crippen molar-refractivity contribution < 1.29 is 14.0 Å². The van der Waals surface area contributed by atoms with Crippen LogP contribution in [0, 0.1) is 0 Å². The van der Waals surface area contributed by atoms with Gasteiger partial charge in [0.25, 0.3) is 0 Å². The van der Waals surface area contributed by atoms with Gasteiger partial charge in [-0.15, -0.1) is 0 Å². The predicted octanol–water partition coefficient (Wildman–Crippen LogP) is 4.57. The van der Waals surface area contributed by atoms with Gasteiger partial charge in [-0.2, -0.15) is 0 Å². The van der Waals surface area contributed by atoms with Crippen LogP contribution in [0.3, 0.4) is 0 Å². The van der Waals surface area contributed by atoms with Gasteiger partial charge in [0.2, 0.25) is 11.8 Å². The topological polar surface area (TPSA) is 87.5 Å². The summed E-state index contributed by atoms with van der Waals surface area (Å²) in [6.45, 7) is 7.96. The number of fused-ring (bicyclic) bond motifs is 1. The van der Waals surface area contributed by atoms with Crippen LogP contribution in [0.1, 0.15) is 50.6 Å². The van der Waals surface area contributed by atoms with Gasteiger partial charge >= 0.3 is 6.03 Å². The van der Waals surface area contributed by atoms with E-state index in [2.05, 4.69) is 15.6 Å². The van der Waals surface area contributed by atoms with Crippen molar-refractivity contribution in [3.8, 4) is 0 Å². The van der Waals surface area contributed by atoms with Gasteiger partial charge in [0, 0.05) is 37.2 Å². The monoisotopic (exact) mass is 420 g/mol. The van der Waals surface area contributed by atoms with Crippen molar-refractivity contribution in [2.24, 2.45) is 0 Å². The average molecular weight is 421 g/mol. The molecule has 0 aliphatic carbocycles. The fourth-order valence-corrected chi connectivity index (χ4v) is 3.61. The van der Waals surface area contributed by atoms with E-state index in [4.69, 9.17) is 4.42 Å². The molecule has 2 heterocycles. The molecule has 3 amide bonds. The lowest BCUT2D eigenvalue weighted by molar-refractivity contribution is -0.128. The van der Waals surface area contributed by atoms with E-state index in [0.717, 1.165) is 24.1 Å². The van der Waals surface area contributed by atoms with Crippen molar-refractivity contribution in [2.75, 3.05) is 11.9 Å². The van der Waals surface area contributed by atoms with E-state index in [1.807, 2.05) is 56.0 Å². The van der Waals surface area contributed by atoms with Crippen molar-refractivity contribution >= 4 is 28.7 Å². The van der Waals surface area contributed by atoms with Crippen LogP contribution in [0.4, 0.5) is 10.5 Å². The van der Waals surface area contributed by atoms with Crippen molar-refractivity contribution in [2.45, 2.75) is 52.1 Å². The van der Waals surface area contributed by atoms with Crippen LogP contribution in [0.25, 0.3) is 11.1 Å². The van der Waals surface area contributed by atoms with Gasteiger partial charge in [0.05, 0.1) is 0 Å². The first-order valence-corrected chi connectivity index (χ1v) is 10.6. The van der Waals surface area contributed by atoms with E-state index in [1.165, 1.54) is 0 Å². The number of nitrogens with one attached hydrogen (secondary N) is 2. The highest BCUT2D eigenvalue weighted by Crippen LogP contribution is 2.27. The molecule has 1 aliphatic heterocycles. The Morgan fingerprint density at radius 2 is 1.97 bits per heavy atom. The summed E-state index contributed by atoms with van der Waals surface area (Å²) in [7, 11) is 0. The number of rotatable bonds is 5. The number of amides is 3. The second-order valence-corrected chi connectivity index (χ2v) is 9.00. The van der Waals surface area contributed by atoms with Gasteiger partial charge in [-0.25, -0.2) is 9.78 Å². The highest BCUT2D eigenvalue weighted by Gasteiger charge is 2.21. The number of aromatic nitrogens is 1. The third kappa shape index (κ3) is 5.05. The Kier molecular flexibility index (Phi) is 5.67. The van der Waals surface area contributed by atoms with Gasteiger partial charge in [0.1, 0.15) is 5.52 Å². The first kappa shape index (κ1) is 20.9. The van der Waals surface area contributed by atoms with Gasteiger partial charge in [-0.1, -0.05) is 45.0 Å². The summed E-state index contributed by atoms with van der Waals surface area (Å²) < 4.78 is 5.80. The van der Waals surface area contributed by atoms with Crippen LogP contribution >= 0.6 is 0 Å². The molecule has 1 aromatic heterocycles. The summed E-state index contributed by atoms with van der Waals surface area (Å²) in [5, 5.41) is 5.73. The zero-order chi connectivity index (χ0) is 22.0. The Hall–Kier alpha value is -3.35. The minimum absolute atomic E-state index is 0.180. The van der Waals surface area contributed by atoms with E-state index in [0.29, 0.717) is 42.2 Å². The van der Waals surface area contributed by atoms with E-state index in [9.17, 15) is 9.59 Å². The van der Waals surface area contributed by atoms with Crippen molar-refractivity contribution in [3.05, 3.63) is 59.5 Å². The Morgan fingerprint density at radius 1 is 1.16 bits per heavy atom. The minimum atomic E-state index is -0.293. The fraction of sp³-hybridized carbons (Fsp3) is 0.375. The highest BCUT2D eigenvalue weighted by atomic mass is 16.3. The van der Waals surface area contributed by atoms with Gasteiger partial charge in [-0.05, 0) is 35.7 Å². The van der Waals surface area contributed by atoms with E-state index >= 15 is 0 Å². The molecule has 2 N–H and O–H groups in total. The number of oxazole rings is 1. The van der Waals surface area contributed by atoms with Crippen LogP contribution in [0.5, 0.6) is 0 Å². The lowest BCUT2D eigenvalue weighted by atomic mass is 9.97. The minimum Gasteiger partial charge on any atom is -0.440 e. The Morgan fingerprint density at radius 3 is 2.71 bits per heavy atom. The van der Waals surface area contributed by atoms with E-state index in [1.54, 1.807) is 12.1 Å². The van der Waals surface area contributed by atoms with Gasteiger partial charge in [0.15, 0.2) is 5.58 Å². The largest absolute Gasteiger partial charge is 0.440 e. The second kappa shape index (κ2) is 8.41. The van der Waals surface area contributed by atoms with E-state index < -0.39 is 0 Å². The van der Waals surface area contributed by atoms with Crippen molar-refractivity contribution in [1.29, 1.82) is 0 Å². The predicted molar refractivity (Wildman–Crippen MR) is 120 cm³/mol. The molecular formula is C24H28N4O3. The molecule has 0 spiro atoms. The molecule has 0 atom stereocenters. The lowest BCUT2D eigenvalue weighted by Crippen LogP contribution is -2.28. The number of carbonyl (C=O) groups is 2. The van der Waals surface area contributed by atoms with Crippen LogP contribution in [-0.4, -0.2) is 28.4 Å². The second-order valence-electron chi connectivity index (χ2n) is 9.00. The molecule has 0 saturated carbocycles. The average Bonchev–Trinajstić information content (AvgIpc) is 3.32. The Bertz CT molecular complexity index is 1110. The summed E-state index contributed by atoms with van der Waals surface area (Å²) in [5.41, 5.74) is 3.94. The number of hydrogen-bond acceptors (Lipinski definition) is 4. The molecule has 0 radical (unpaired) electrons. The maximum Gasteiger partial charge on any atom is 0.319 e. The van der Waals surface area contributed by atoms with Crippen molar-refractivity contribution in [3.63, 3.8) is 0 Å². The van der Waals surface area contributed by atoms with Crippen LogP contribution in [0.15, 0.2) is 46.9 Å². The molecule has 3 aromatic rings. The molecule has 162 valence electrons. The molecule has 31 heavy (non-hydrogen) atoms. The zero-order valence-corrected chi connectivity index (χ0v) is 18.2. The Balaban J connectivity index is 1.35. The summed E-state index contributed by atoms with van der Waals surface area (Å²) in [6.07, 6.45) is 1.57. The first-order chi connectivity index (χ1) is 14.8. The fourth-order valence-electron chi connectivity index (χ4n) is 3.61. The summed E-state index contributed by atoms with van der Waals surface area (Å²) >= 11 is 0. The highest BCUT2D eigenvalue weighted by molar-refractivity contribution is 5.91. The quantitative estimate of drug-likeness (QED) is 0.633. The standard InChI is InChI=1S/C24H28N4O3/c1-24(2,3)22-27-19-13-18(9-10-20(19)31-22)26-23(30)25-14-16-6-4-7-17(12-16)15-28-11-5-8-21(28)29/h4,6-7,9-10,12-13H,5,8,11,14-15H2,1-3H3,(H2,25,26,30). The number of nitrogens with zero attached hydrogens (tertiary/aromatic N) is 2. The number of anilines is 1. The normalized spacial score (nSPS) is 14.3. The molecule has 7 nitrogen and oxygen atoms in total. The third-order valence-corrected chi connectivity index (χ3v) is 5.28. The number of likely N-dealkylation sites (tertiary alicyclic amines) is 1. The summed E-state index contributed by atoms with van der Waals surface area (Å²) in [6, 6.07) is 13.1. The number of hydrogen-bond donors (Lipinski definition) is 2. The SMILES string of the molecule is CC(C)(C)c1nc2cc(NC(=O)NCc3cccc(CN4CCCC4=O)c3)ccc2o1. The smallest absolute Gasteiger partial charge is 0.319 e. The molecule has 1 fully saturated rings. The molecule has 0 unspecified atom stereocenters. The van der Waals surface area contributed by atoms with Crippen LogP contribution in [-0.2, 0) is 23.3 Å². The third-order valence-electron chi connectivity index (χ3n) is 5.28. The van der Waals surface area contributed by atoms with Crippen LogP contribution in [0.2, 0.25) is 0 Å². The van der Waals surface area contributed by atoms with Gasteiger partial charge in [-0.3, -0.25) is 4.79 Å². The molecule has 2 aromatic carbocycles. The Labute approximate surface area is 181 Å². The summed E-state index contributed by atoms with van der Waals surface area (Å²) in [4.78, 5) is 30.6. The van der Waals surface area contributed by atoms with Crippen molar-refractivity contribution in [1.82, 2.24) is 15.2 Å². The van der Waals surface area contributed by atoms with Gasteiger partial charge < -0.3 is 20.0 Å². The summed E-state index contributed by atoms with van der Waals surface area (Å²) in [5.74, 6) is 0.876. The molecule has 1 aliphatic rings. The molecule has 1 saturated heterocycles. The maximum absolute atomic E-state index is 12.4. The molecule has 4 rings (SSSR count). The lowest BCUT2D eigenvalue weighted by Gasteiger charge is -2.16. The number of carbonyl (C=O) groups excluding carboxylic acids is 2. The molecule has 0 bridgehead atoms.